The fraction of sp³-hybridized carbons (Fsp3) is 0.0625. The Balaban J connectivity index is 2.11. The van der Waals surface area contributed by atoms with E-state index < -0.39 is 5.97 Å². The summed E-state index contributed by atoms with van der Waals surface area (Å²) in [5.41, 5.74) is 1.40. The van der Waals surface area contributed by atoms with Gasteiger partial charge in [0.1, 0.15) is 17.3 Å². The Bertz CT molecular complexity index is 740. The van der Waals surface area contributed by atoms with Gasteiger partial charge in [-0.15, -0.1) is 11.8 Å². The number of carbonyl (C=O) groups is 1. The van der Waals surface area contributed by atoms with Crippen LogP contribution in [0.25, 0.3) is 11.0 Å². The second-order valence-electron chi connectivity index (χ2n) is 4.47. The van der Waals surface area contributed by atoms with Gasteiger partial charge in [0.2, 0.25) is 0 Å². The van der Waals surface area contributed by atoms with Gasteiger partial charge >= 0.3 is 5.97 Å². The summed E-state index contributed by atoms with van der Waals surface area (Å²) in [4.78, 5) is 11.5. The van der Waals surface area contributed by atoms with E-state index in [1.165, 1.54) is 12.1 Å². The van der Waals surface area contributed by atoms with Gasteiger partial charge in [0.15, 0.2) is 0 Å². The molecule has 5 heteroatoms. The molecule has 1 heterocycles. The van der Waals surface area contributed by atoms with Crippen LogP contribution in [0, 0.1) is 5.82 Å². The highest BCUT2D eigenvalue weighted by atomic mass is 32.2. The van der Waals surface area contributed by atoms with Crippen molar-refractivity contribution in [1.29, 1.82) is 0 Å². The summed E-state index contributed by atoms with van der Waals surface area (Å²) in [5, 5.41) is 8.86. The number of hydrogen-bond acceptors (Lipinski definition) is 3. The van der Waals surface area contributed by atoms with Crippen molar-refractivity contribution in [3.63, 3.8) is 0 Å². The highest BCUT2D eigenvalue weighted by molar-refractivity contribution is 8.09. The van der Waals surface area contributed by atoms with Crippen LogP contribution in [0.5, 0.6) is 11.5 Å². The van der Waals surface area contributed by atoms with Gasteiger partial charge < -0.3 is 9.84 Å². The molecule has 3 nitrogen and oxygen atoms in total. The molecule has 2 aromatic rings. The molecule has 0 aromatic heterocycles. The van der Waals surface area contributed by atoms with Gasteiger partial charge in [-0.3, -0.25) is 4.79 Å². The van der Waals surface area contributed by atoms with Gasteiger partial charge in [-0.25, -0.2) is 4.39 Å². The molecule has 0 aliphatic carbocycles. The third-order valence-corrected chi connectivity index (χ3v) is 4.02. The van der Waals surface area contributed by atoms with E-state index in [2.05, 4.69) is 0 Å². The molecule has 0 atom stereocenters. The van der Waals surface area contributed by atoms with Crippen molar-refractivity contribution < 1.29 is 19.0 Å². The fourth-order valence-electron chi connectivity index (χ4n) is 2.07. The number of carboxylic acids is 1. The van der Waals surface area contributed by atoms with Crippen LogP contribution in [0.2, 0.25) is 0 Å². The van der Waals surface area contributed by atoms with Crippen LogP contribution in [0.15, 0.2) is 42.5 Å². The SMILES string of the molecule is O=C(O)CSC1=Cc2ccccc2Oc2ccc(F)cc21. The summed E-state index contributed by atoms with van der Waals surface area (Å²) in [6, 6.07) is 11.7. The summed E-state index contributed by atoms with van der Waals surface area (Å²) >= 11 is 1.15. The van der Waals surface area contributed by atoms with Crippen LogP contribution in [0.4, 0.5) is 4.39 Å². The number of hydrogen-bond donors (Lipinski definition) is 1. The Morgan fingerprint density at radius 1 is 1.19 bits per heavy atom. The van der Waals surface area contributed by atoms with E-state index in [0.717, 1.165) is 17.3 Å². The fourth-order valence-corrected chi connectivity index (χ4v) is 2.88. The minimum atomic E-state index is -0.919. The van der Waals surface area contributed by atoms with Crippen LogP contribution in [0.3, 0.4) is 0 Å². The van der Waals surface area contributed by atoms with Crippen molar-refractivity contribution >= 4 is 28.7 Å². The molecule has 0 amide bonds. The summed E-state index contributed by atoms with van der Waals surface area (Å²) in [7, 11) is 0. The maximum absolute atomic E-state index is 13.5. The highest BCUT2D eigenvalue weighted by Crippen LogP contribution is 2.42. The zero-order valence-electron chi connectivity index (χ0n) is 10.9. The van der Waals surface area contributed by atoms with Crippen molar-refractivity contribution in [3.05, 3.63) is 59.4 Å². The van der Waals surface area contributed by atoms with Crippen LogP contribution in [-0.4, -0.2) is 16.8 Å². The molecule has 3 rings (SSSR count). The molecule has 0 fully saturated rings. The van der Waals surface area contributed by atoms with Crippen LogP contribution in [0.1, 0.15) is 11.1 Å². The van der Waals surface area contributed by atoms with Gasteiger partial charge in [0.05, 0.1) is 5.75 Å². The minimum Gasteiger partial charge on any atom is -0.481 e. The first-order chi connectivity index (χ1) is 10.1. The number of para-hydroxylation sites is 1. The molecule has 0 saturated heterocycles. The third-order valence-electron chi connectivity index (χ3n) is 2.98. The van der Waals surface area contributed by atoms with E-state index >= 15 is 0 Å². The van der Waals surface area contributed by atoms with Crippen molar-refractivity contribution in [2.45, 2.75) is 0 Å². The molecular weight excluding hydrogens is 291 g/mol. The number of fused-ring (bicyclic) bond motifs is 2. The van der Waals surface area contributed by atoms with E-state index in [4.69, 9.17) is 9.84 Å². The lowest BCUT2D eigenvalue weighted by Crippen LogP contribution is -1.98. The molecule has 0 bridgehead atoms. The molecule has 0 spiro atoms. The van der Waals surface area contributed by atoms with Crippen LogP contribution < -0.4 is 4.74 Å². The van der Waals surface area contributed by atoms with Gasteiger partial charge in [0.25, 0.3) is 0 Å². The molecule has 106 valence electrons. The topological polar surface area (TPSA) is 46.5 Å². The number of halogens is 1. The van der Waals surface area contributed by atoms with Crippen molar-refractivity contribution in [2.75, 3.05) is 5.75 Å². The summed E-state index contributed by atoms with van der Waals surface area (Å²) in [5.74, 6) is -0.214. The zero-order valence-corrected chi connectivity index (χ0v) is 11.7. The Labute approximate surface area is 125 Å². The number of aliphatic carboxylic acids is 1. The summed E-state index contributed by atoms with van der Waals surface area (Å²) in [6.45, 7) is 0. The maximum atomic E-state index is 13.5. The normalized spacial score (nSPS) is 12.5. The molecule has 1 N–H and O–H groups in total. The minimum absolute atomic E-state index is 0.0933. The molecule has 0 radical (unpaired) electrons. The van der Waals surface area contributed by atoms with E-state index in [1.807, 2.05) is 30.3 Å². The lowest BCUT2D eigenvalue weighted by Gasteiger charge is -2.10. The number of ether oxygens (including phenoxy) is 1. The van der Waals surface area contributed by atoms with Crippen LogP contribution in [-0.2, 0) is 4.79 Å². The number of carboxylic acid groups (broad SMARTS) is 1. The van der Waals surface area contributed by atoms with Gasteiger partial charge in [-0.1, -0.05) is 18.2 Å². The molecule has 0 saturated carbocycles. The summed E-state index contributed by atoms with van der Waals surface area (Å²) < 4.78 is 19.3. The first kappa shape index (κ1) is 13.7. The first-order valence-corrected chi connectivity index (χ1v) is 7.25. The third kappa shape index (κ3) is 2.92. The molecular formula is C16H11FO3S. The largest absolute Gasteiger partial charge is 0.481 e. The molecule has 1 aliphatic rings. The Kier molecular flexibility index (Phi) is 3.66. The van der Waals surface area contributed by atoms with Crippen molar-refractivity contribution in [3.8, 4) is 11.5 Å². The monoisotopic (exact) mass is 302 g/mol. The smallest absolute Gasteiger partial charge is 0.313 e. The average molecular weight is 302 g/mol. The number of rotatable bonds is 3. The zero-order chi connectivity index (χ0) is 14.8. The maximum Gasteiger partial charge on any atom is 0.313 e. The molecule has 21 heavy (non-hydrogen) atoms. The first-order valence-electron chi connectivity index (χ1n) is 6.26. The van der Waals surface area contributed by atoms with Crippen molar-refractivity contribution in [1.82, 2.24) is 0 Å². The lowest BCUT2D eigenvalue weighted by atomic mass is 10.1. The predicted molar refractivity (Wildman–Crippen MR) is 80.9 cm³/mol. The Morgan fingerprint density at radius 2 is 2.00 bits per heavy atom. The van der Waals surface area contributed by atoms with E-state index in [0.29, 0.717) is 22.0 Å². The van der Waals surface area contributed by atoms with Crippen molar-refractivity contribution in [2.24, 2.45) is 0 Å². The molecule has 0 unspecified atom stereocenters. The van der Waals surface area contributed by atoms with E-state index in [9.17, 15) is 9.18 Å². The Morgan fingerprint density at radius 3 is 2.81 bits per heavy atom. The number of thioether (sulfide) groups is 1. The van der Waals surface area contributed by atoms with Gasteiger partial charge in [-0.2, -0.15) is 0 Å². The number of benzene rings is 2. The quantitative estimate of drug-likeness (QED) is 0.921. The van der Waals surface area contributed by atoms with Crippen LogP contribution >= 0.6 is 11.8 Å². The van der Waals surface area contributed by atoms with E-state index in [1.54, 1.807) is 6.07 Å². The molecule has 2 aromatic carbocycles. The van der Waals surface area contributed by atoms with E-state index in [-0.39, 0.29) is 11.6 Å². The standard InChI is InChI=1S/C16H11FO3S/c17-11-5-6-14-12(8-11)15(21-9-16(18)19)7-10-3-1-2-4-13(10)20-14/h1-8H,9H2,(H,18,19). The summed E-state index contributed by atoms with van der Waals surface area (Å²) in [6.07, 6.45) is 1.83. The van der Waals surface area contributed by atoms with Gasteiger partial charge in [-0.05, 0) is 30.3 Å². The predicted octanol–water partition coefficient (Wildman–Crippen LogP) is 4.25. The Hall–Kier alpha value is -2.27. The highest BCUT2D eigenvalue weighted by Gasteiger charge is 2.18. The van der Waals surface area contributed by atoms with Gasteiger partial charge in [0, 0.05) is 16.0 Å². The lowest BCUT2D eigenvalue weighted by molar-refractivity contribution is -0.133. The second-order valence-corrected chi connectivity index (χ2v) is 5.49. The molecule has 1 aliphatic heterocycles. The average Bonchev–Trinajstić information content (AvgIpc) is 2.61. The second kappa shape index (κ2) is 5.61.